The molecule has 0 unspecified atom stereocenters. The average molecular weight is 541 g/mol. The van der Waals surface area contributed by atoms with E-state index in [0.29, 0.717) is 59.1 Å². The minimum Gasteiger partial charge on any atom is -0.373 e. The zero-order valence-corrected chi connectivity index (χ0v) is 21.5. The molecule has 39 heavy (non-hydrogen) atoms. The molecule has 0 spiro atoms. The number of nitrogens with one attached hydrogen (secondary N) is 1. The van der Waals surface area contributed by atoms with Crippen LogP contribution in [0.3, 0.4) is 0 Å². The molecule has 4 heterocycles. The molecule has 2 atom stereocenters. The van der Waals surface area contributed by atoms with Crippen LogP contribution in [0, 0.1) is 19.3 Å². The van der Waals surface area contributed by atoms with Gasteiger partial charge in [-0.15, -0.1) is 0 Å². The summed E-state index contributed by atoms with van der Waals surface area (Å²) in [5, 5.41) is 0. The van der Waals surface area contributed by atoms with Crippen molar-refractivity contribution in [2.45, 2.75) is 69.6 Å². The van der Waals surface area contributed by atoms with Gasteiger partial charge in [0.15, 0.2) is 5.65 Å². The lowest BCUT2D eigenvalue weighted by Crippen LogP contribution is -2.70. The van der Waals surface area contributed by atoms with Crippen LogP contribution >= 0.6 is 0 Å². The third-order valence-corrected chi connectivity index (χ3v) is 8.46. The Labute approximate surface area is 221 Å². The first kappa shape index (κ1) is 25.6. The second-order valence-corrected chi connectivity index (χ2v) is 11.0. The molecule has 9 nitrogen and oxygen atoms in total. The monoisotopic (exact) mass is 540 g/mol. The molecule has 1 amide bonds. The number of aromatic nitrogens is 5. The average Bonchev–Trinajstić information content (AvgIpc) is 2.83. The highest BCUT2D eigenvalue weighted by molar-refractivity contribution is 5.93. The maximum absolute atomic E-state index is 13.6. The molecule has 12 heteroatoms. The fourth-order valence-corrected chi connectivity index (χ4v) is 6.23. The summed E-state index contributed by atoms with van der Waals surface area (Å²) in [4.78, 5) is 42.8. The molecular weight excluding hydrogens is 513 g/mol. The summed E-state index contributed by atoms with van der Waals surface area (Å²) < 4.78 is 48.0. The van der Waals surface area contributed by atoms with E-state index in [9.17, 15) is 22.8 Å². The number of amides is 1. The van der Waals surface area contributed by atoms with Crippen molar-refractivity contribution in [3.63, 3.8) is 0 Å². The predicted octanol–water partition coefficient (Wildman–Crippen LogP) is 4.07. The zero-order chi connectivity index (χ0) is 27.7. The molecule has 0 aromatic carbocycles. The van der Waals surface area contributed by atoms with Gasteiger partial charge in [-0.25, -0.2) is 24.6 Å². The van der Waals surface area contributed by atoms with Crippen LogP contribution in [-0.2, 0) is 14.9 Å². The number of carbonyl (C=O) groups is 1. The van der Waals surface area contributed by atoms with Crippen molar-refractivity contribution >= 4 is 17.1 Å². The van der Waals surface area contributed by atoms with Crippen LogP contribution in [0.15, 0.2) is 35.8 Å². The van der Waals surface area contributed by atoms with E-state index in [0.717, 1.165) is 10.8 Å². The van der Waals surface area contributed by atoms with Gasteiger partial charge < -0.3 is 4.74 Å². The van der Waals surface area contributed by atoms with Gasteiger partial charge in [0, 0.05) is 30.2 Å². The van der Waals surface area contributed by atoms with Crippen molar-refractivity contribution in [1.29, 1.82) is 0 Å². The molecule has 1 N–H and O–H groups in total. The molecule has 3 aliphatic carbocycles. The van der Waals surface area contributed by atoms with Crippen molar-refractivity contribution in [2.24, 2.45) is 5.41 Å². The highest BCUT2D eigenvalue weighted by Crippen LogP contribution is 2.78. The highest BCUT2D eigenvalue weighted by atomic mass is 19.4. The van der Waals surface area contributed by atoms with Gasteiger partial charge in [0.2, 0.25) is 0 Å². The van der Waals surface area contributed by atoms with E-state index in [1.54, 1.807) is 6.07 Å². The molecular formula is C27H27F3N6O3. The molecule has 3 aromatic heterocycles. The second kappa shape index (κ2) is 8.67. The Bertz CT molecular complexity index is 1560. The minimum absolute atomic E-state index is 0.0119. The van der Waals surface area contributed by atoms with Crippen molar-refractivity contribution in [3.8, 4) is 0 Å². The highest BCUT2D eigenvalue weighted by Gasteiger charge is 2.79. The number of hydrogen-bond donors (Lipinski definition) is 1. The van der Waals surface area contributed by atoms with Crippen LogP contribution in [-0.4, -0.2) is 43.3 Å². The quantitative estimate of drug-likeness (QED) is 0.486. The molecule has 0 radical (unpaired) electrons. The second-order valence-electron chi connectivity index (χ2n) is 11.0. The lowest BCUT2D eigenvalue weighted by molar-refractivity contribution is -0.337. The minimum atomic E-state index is -4.23. The Morgan fingerprint density at radius 3 is 2.56 bits per heavy atom. The number of alkyl halides is 3. The summed E-state index contributed by atoms with van der Waals surface area (Å²) in [6.45, 7) is 7.43. The Morgan fingerprint density at radius 2 is 1.87 bits per heavy atom. The number of hydrogen-bond acceptors (Lipinski definition) is 7. The maximum Gasteiger partial charge on any atom is 0.394 e. The Kier molecular flexibility index (Phi) is 5.69. The molecule has 3 aromatic rings. The number of aryl methyl sites for hydroxylation is 2. The molecule has 3 saturated carbocycles. The van der Waals surface area contributed by atoms with Gasteiger partial charge >= 0.3 is 6.18 Å². The number of halogens is 3. The molecule has 1 aliphatic heterocycles. The number of rotatable bonds is 5. The summed E-state index contributed by atoms with van der Waals surface area (Å²) in [5.74, 6) is -0.161. The summed E-state index contributed by atoms with van der Waals surface area (Å²) in [7, 11) is 0. The van der Waals surface area contributed by atoms with E-state index in [-0.39, 0.29) is 25.2 Å². The van der Waals surface area contributed by atoms with Gasteiger partial charge in [-0.05, 0) is 63.7 Å². The predicted molar refractivity (Wildman–Crippen MR) is 135 cm³/mol. The normalized spacial score (nSPS) is 27.9. The van der Waals surface area contributed by atoms with Crippen LogP contribution in [0.25, 0.3) is 11.2 Å². The van der Waals surface area contributed by atoms with Crippen molar-refractivity contribution in [1.82, 2.24) is 24.6 Å². The van der Waals surface area contributed by atoms with Crippen LogP contribution < -0.4 is 11.0 Å². The van der Waals surface area contributed by atoms with E-state index in [1.165, 1.54) is 12.3 Å². The molecule has 7 rings (SSSR count). The SMILES string of the molecule is C=CC(=O)Nn1cc([C@H]2C[C@@H](c3nc(C45CC(C(F)(F)F)(C4)C5)c4nc(C)c(C)nc4n3)CCO2)ccc1=O. The van der Waals surface area contributed by atoms with E-state index in [4.69, 9.17) is 14.7 Å². The molecule has 2 bridgehead atoms. The topological polar surface area (TPSA) is 112 Å². The van der Waals surface area contributed by atoms with Crippen LogP contribution in [0.4, 0.5) is 13.2 Å². The zero-order valence-electron chi connectivity index (χ0n) is 21.5. The van der Waals surface area contributed by atoms with Crippen molar-refractivity contribution in [3.05, 3.63) is 69.8 Å². The van der Waals surface area contributed by atoms with Gasteiger partial charge in [-0.1, -0.05) is 6.58 Å². The fraction of sp³-hybridized carbons (Fsp3) is 0.481. The maximum atomic E-state index is 13.6. The first-order valence-corrected chi connectivity index (χ1v) is 12.8. The number of fused-ring (bicyclic) bond motifs is 1. The Balaban J connectivity index is 1.34. The molecule has 4 aliphatic rings. The Morgan fingerprint density at radius 1 is 1.15 bits per heavy atom. The third kappa shape index (κ3) is 4.03. The Hall–Kier alpha value is -3.67. The first-order chi connectivity index (χ1) is 18.4. The van der Waals surface area contributed by atoms with Gasteiger partial charge in [-0.2, -0.15) is 13.2 Å². The molecule has 1 saturated heterocycles. The first-order valence-electron chi connectivity index (χ1n) is 12.8. The van der Waals surface area contributed by atoms with Crippen LogP contribution in [0.5, 0.6) is 0 Å². The van der Waals surface area contributed by atoms with E-state index in [2.05, 4.69) is 22.0 Å². The van der Waals surface area contributed by atoms with Crippen LogP contribution in [0.1, 0.15) is 72.6 Å². The van der Waals surface area contributed by atoms with E-state index < -0.39 is 34.6 Å². The van der Waals surface area contributed by atoms with E-state index >= 15 is 0 Å². The molecule has 4 fully saturated rings. The number of ether oxygens (including phenoxy) is 1. The smallest absolute Gasteiger partial charge is 0.373 e. The molecule has 204 valence electrons. The van der Waals surface area contributed by atoms with Crippen molar-refractivity contribution in [2.75, 3.05) is 12.0 Å². The number of pyridine rings is 1. The largest absolute Gasteiger partial charge is 0.394 e. The standard InChI is InChI=1S/C27H27F3N6O3/c1-4-19(37)35-36-10-17(5-6-20(36)38)18-9-16(7-8-39-18)23-33-22(21-24(34-23)32-15(3)14(2)31-21)25-11-26(12-25,13-25)27(28,29)30/h4-6,10,16,18H,1,7-9,11-13H2,2-3H3,(H,35,37)/t16-,18+,25?,26?/m0/s1. The van der Waals surface area contributed by atoms with Gasteiger partial charge in [-0.3, -0.25) is 15.0 Å². The van der Waals surface area contributed by atoms with Gasteiger partial charge in [0.25, 0.3) is 11.5 Å². The van der Waals surface area contributed by atoms with E-state index in [1.807, 2.05) is 13.8 Å². The fourth-order valence-electron chi connectivity index (χ4n) is 6.23. The van der Waals surface area contributed by atoms with Gasteiger partial charge in [0.05, 0.1) is 28.6 Å². The third-order valence-electron chi connectivity index (χ3n) is 8.46. The summed E-state index contributed by atoms with van der Waals surface area (Å²) in [6.07, 6.45) is -0.923. The summed E-state index contributed by atoms with van der Waals surface area (Å²) >= 11 is 0. The van der Waals surface area contributed by atoms with Crippen LogP contribution in [0.2, 0.25) is 0 Å². The lowest BCUT2D eigenvalue weighted by Gasteiger charge is -2.70. The number of carbonyl (C=O) groups excluding carboxylic acids is 1. The summed E-state index contributed by atoms with van der Waals surface area (Å²) in [5.41, 5.74) is 3.26. The van der Waals surface area contributed by atoms with Crippen molar-refractivity contribution < 1.29 is 22.7 Å². The summed E-state index contributed by atoms with van der Waals surface area (Å²) in [6, 6.07) is 2.99. The number of nitrogens with zero attached hydrogens (tertiary/aromatic N) is 5. The van der Waals surface area contributed by atoms with Gasteiger partial charge in [0.1, 0.15) is 11.3 Å². The lowest BCUT2D eigenvalue weighted by atomic mass is 9.34.